The van der Waals surface area contributed by atoms with Crippen molar-refractivity contribution in [2.24, 2.45) is 0 Å². The van der Waals surface area contributed by atoms with Crippen molar-refractivity contribution in [1.82, 2.24) is 14.5 Å². The van der Waals surface area contributed by atoms with E-state index in [1.807, 2.05) is 35.8 Å². The van der Waals surface area contributed by atoms with Crippen molar-refractivity contribution in [3.8, 4) is 11.6 Å². The van der Waals surface area contributed by atoms with E-state index >= 15 is 0 Å². The normalized spacial score (nSPS) is 10.9. The molecule has 0 unspecified atom stereocenters. The lowest BCUT2D eigenvalue weighted by Crippen LogP contribution is -1.98. The van der Waals surface area contributed by atoms with Crippen LogP contribution in [0.15, 0.2) is 30.3 Å². The SMILES string of the molecule is COc1ccc2[nH]c(=S)n(-c3ccc(C)cc3Cl)c2n1. The number of aromatic amines is 1. The highest BCUT2D eigenvalue weighted by molar-refractivity contribution is 7.71. The van der Waals surface area contributed by atoms with Crippen LogP contribution in [0.2, 0.25) is 5.02 Å². The number of H-pyrrole nitrogens is 1. The van der Waals surface area contributed by atoms with Crippen molar-refractivity contribution in [2.75, 3.05) is 7.11 Å². The van der Waals surface area contributed by atoms with Gasteiger partial charge in [-0.05, 0) is 42.9 Å². The molecule has 6 heteroatoms. The Hall–Kier alpha value is -1.85. The van der Waals surface area contributed by atoms with Crippen molar-refractivity contribution < 1.29 is 4.74 Å². The Morgan fingerprint density at radius 1 is 1.30 bits per heavy atom. The maximum atomic E-state index is 6.33. The first-order chi connectivity index (χ1) is 9.60. The molecule has 0 amide bonds. The van der Waals surface area contributed by atoms with Gasteiger partial charge in [0.1, 0.15) is 0 Å². The zero-order valence-corrected chi connectivity index (χ0v) is 12.5. The number of fused-ring (bicyclic) bond motifs is 1. The number of halogens is 1. The largest absolute Gasteiger partial charge is 0.481 e. The third kappa shape index (κ3) is 2.09. The summed E-state index contributed by atoms with van der Waals surface area (Å²) >= 11 is 11.7. The molecule has 0 bridgehead atoms. The number of rotatable bonds is 2. The van der Waals surface area contributed by atoms with E-state index < -0.39 is 0 Å². The van der Waals surface area contributed by atoms with Gasteiger partial charge in [0.05, 0.1) is 23.3 Å². The van der Waals surface area contributed by atoms with Crippen LogP contribution < -0.4 is 4.74 Å². The quantitative estimate of drug-likeness (QED) is 0.726. The highest BCUT2D eigenvalue weighted by Gasteiger charge is 2.12. The summed E-state index contributed by atoms with van der Waals surface area (Å²) in [5.41, 5.74) is 3.43. The van der Waals surface area contributed by atoms with E-state index in [-0.39, 0.29) is 0 Å². The molecule has 102 valence electrons. The molecular formula is C14H12ClN3OS. The summed E-state index contributed by atoms with van der Waals surface area (Å²) in [7, 11) is 1.58. The van der Waals surface area contributed by atoms with E-state index in [1.54, 1.807) is 13.2 Å². The number of methoxy groups -OCH3 is 1. The second-order valence-corrected chi connectivity index (χ2v) is 5.24. The molecule has 0 aliphatic carbocycles. The first-order valence-electron chi connectivity index (χ1n) is 6.02. The predicted molar refractivity (Wildman–Crippen MR) is 82.6 cm³/mol. The number of imidazole rings is 1. The molecular weight excluding hydrogens is 294 g/mol. The smallest absolute Gasteiger partial charge is 0.215 e. The van der Waals surface area contributed by atoms with Crippen molar-refractivity contribution >= 4 is 35.0 Å². The Bertz CT molecular complexity index is 853. The lowest BCUT2D eigenvalue weighted by molar-refractivity contribution is 0.399. The molecule has 0 fully saturated rings. The Morgan fingerprint density at radius 3 is 2.80 bits per heavy atom. The summed E-state index contributed by atoms with van der Waals surface area (Å²) in [5.74, 6) is 0.531. The molecule has 1 N–H and O–H groups in total. The van der Waals surface area contributed by atoms with Crippen molar-refractivity contribution in [2.45, 2.75) is 6.92 Å². The minimum Gasteiger partial charge on any atom is -0.481 e. The molecule has 0 atom stereocenters. The van der Waals surface area contributed by atoms with Crippen LogP contribution in [0.1, 0.15) is 5.56 Å². The number of nitrogens with one attached hydrogen (secondary N) is 1. The molecule has 2 aromatic heterocycles. The maximum Gasteiger partial charge on any atom is 0.215 e. The molecule has 0 saturated heterocycles. The van der Waals surface area contributed by atoms with Gasteiger partial charge in [-0.25, -0.2) is 0 Å². The monoisotopic (exact) mass is 305 g/mol. The molecule has 20 heavy (non-hydrogen) atoms. The fraction of sp³-hybridized carbons (Fsp3) is 0.143. The maximum absolute atomic E-state index is 6.33. The molecule has 1 aromatic carbocycles. The fourth-order valence-corrected chi connectivity index (χ4v) is 2.71. The minimum absolute atomic E-state index is 0.531. The molecule has 0 radical (unpaired) electrons. The summed E-state index contributed by atoms with van der Waals surface area (Å²) in [6.45, 7) is 1.99. The molecule has 0 aliphatic heterocycles. The number of hydrogen-bond acceptors (Lipinski definition) is 3. The van der Waals surface area contributed by atoms with E-state index in [0.29, 0.717) is 21.3 Å². The molecule has 0 saturated carbocycles. The van der Waals surface area contributed by atoms with Crippen LogP contribution in [0.5, 0.6) is 5.88 Å². The number of benzene rings is 1. The second-order valence-electron chi connectivity index (χ2n) is 4.45. The van der Waals surface area contributed by atoms with Crippen LogP contribution in [0.25, 0.3) is 16.9 Å². The average molecular weight is 306 g/mol. The van der Waals surface area contributed by atoms with Gasteiger partial charge in [0.15, 0.2) is 10.4 Å². The summed E-state index contributed by atoms with van der Waals surface area (Å²) < 4.78 is 7.53. The second kappa shape index (κ2) is 4.92. The summed E-state index contributed by atoms with van der Waals surface area (Å²) in [6, 6.07) is 9.49. The minimum atomic E-state index is 0.531. The van der Waals surface area contributed by atoms with Crippen LogP contribution in [-0.2, 0) is 0 Å². The Morgan fingerprint density at radius 2 is 2.10 bits per heavy atom. The Labute approximate surface area is 126 Å². The number of hydrogen-bond donors (Lipinski definition) is 1. The molecule has 0 spiro atoms. The molecule has 0 aliphatic rings. The van der Waals surface area contributed by atoms with Crippen LogP contribution in [-0.4, -0.2) is 21.6 Å². The predicted octanol–water partition coefficient (Wildman–Crippen LogP) is 4.05. The van der Waals surface area contributed by atoms with E-state index in [0.717, 1.165) is 16.8 Å². The first kappa shape index (κ1) is 13.1. The van der Waals surface area contributed by atoms with Crippen LogP contribution in [0.3, 0.4) is 0 Å². The van der Waals surface area contributed by atoms with Crippen LogP contribution >= 0.6 is 23.8 Å². The molecule has 4 nitrogen and oxygen atoms in total. The number of ether oxygens (including phenoxy) is 1. The summed E-state index contributed by atoms with van der Waals surface area (Å²) in [4.78, 5) is 7.56. The number of pyridine rings is 1. The van der Waals surface area contributed by atoms with Gasteiger partial charge in [-0.15, -0.1) is 0 Å². The van der Waals surface area contributed by atoms with E-state index in [2.05, 4.69) is 9.97 Å². The van der Waals surface area contributed by atoms with Gasteiger partial charge in [0, 0.05) is 6.07 Å². The Balaban J connectivity index is 2.34. The number of nitrogens with zero attached hydrogens (tertiary/aromatic N) is 2. The van der Waals surface area contributed by atoms with Crippen LogP contribution in [0, 0.1) is 11.7 Å². The summed E-state index contributed by atoms with van der Waals surface area (Å²) in [6.07, 6.45) is 0. The third-order valence-corrected chi connectivity index (χ3v) is 3.65. The molecule has 2 heterocycles. The third-order valence-electron chi connectivity index (χ3n) is 3.06. The molecule has 3 rings (SSSR count). The van der Waals surface area contributed by atoms with Gasteiger partial charge >= 0.3 is 0 Å². The van der Waals surface area contributed by atoms with Gasteiger partial charge in [-0.2, -0.15) is 4.98 Å². The van der Waals surface area contributed by atoms with Crippen LogP contribution in [0.4, 0.5) is 0 Å². The van der Waals surface area contributed by atoms with E-state index in [1.165, 1.54) is 0 Å². The van der Waals surface area contributed by atoms with Crippen molar-refractivity contribution in [1.29, 1.82) is 0 Å². The van der Waals surface area contributed by atoms with Gasteiger partial charge in [0.25, 0.3) is 0 Å². The highest BCUT2D eigenvalue weighted by atomic mass is 35.5. The first-order valence-corrected chi connectivity index (χ1v) is 6.81. The highest BCUT2D eigenvalue weighted by Crippen LogP contribution is 2.26. The number of aromatic nitrogens is 3. The number of aryl methyl sites for hydroxylation is 1. The van der Waals surface area contributed by atoms with E-state index in [9.17, 15) is 0 Å². The zero-order valence-electron chi connectivity index (χ0n) is 11.0. The Kier molecular flexibility index (Phi) is 3.23. The van der Waals surface area contributed by atoms with Crippen molar-refractivity contribution in [3.05, 3.63) is 45.7 Å². The average Bonchev–Trinajstić information content (AvgIpc) is 2.74. The molecule has 3 aromatic rings. The fourth-order valence-electron chi connectivity index (χ4n) is 2.10. The lowest BCUT2D eigenvalue weighted by Gasteiger charge is -2.07. The van der Waals surface area contributed by atoms with Gasteiger partial charge in [-0.1, -0.05) is 17.7 Å². The van der Waals surface area contributed by atoms with E-state index in [4.69, 9.17) is 28.6 Å². The van der Waals surface area contributed by atoms with Crippen molar-refractivity contribution in [3.63, 3.8) is 0 Å². The topological polar surface area (TPSA) is 42.8 Å². The lowest BCUT2D eigenvalue weighted by atomic mass is 10.2. The van der Waals surface area contributed by atoms with Gasteiger partial charge < -0.3 is 9.72 Å². The summed E-state index contributed by atoms with van der Waals surface area (Å²) in [5, 5.41) is 0.631. The van der Waals surface area contributed by atoms with Gasteiger partial charge in [0.2, 0.25) is 5.88 Å². The standard InChI is InChI=1S/C14H12ClN3OS/c1-8-3-5-11(9(15)7-8)18-13-10(16-14(18)20)4-6-12(17-13)19-2/h3-7H,1-2H3,(H,16,20). The zero-order chi connectivity index (χ0) is 14.3. The van der Waals surface area contributed by atoms with Gasteiger partial charge in [-0.3, -0.25) is 4.57 Å².